The van der Waals surface area contributed by atoms with E-state index in [1.807, 2.05) is 127 Å². The predicted molar refractivity (Wildman–Crippen MR) is 252 cm³/mol. The van der Waals surface area contributed by atoms with Crippen molar-refractivity contribution in [2.75, 3.05) is 0 Å². The van der Waals surface area contributed by atoms with Gasteiger partial charge in [-0.1, -0.05) is 176 Å². The van der Waals surface area contributed by atoms with Crippen molar-refractivity contribution in [1.82, 2.24) is 15.0 Å². The number of nitrogens with zero attached hydrogens (tertiary/aromatic N) is 3. The summed E-state index contributed by atoms with van der Waals surface area (Å²) >= 11 is 0. The number of furan rings is 1. The summed E-state index contributed by atoms with van der Waals surface area (Å²) in [7, 11) is -3.48. The van der Waals surface area contributed by atoms with Crippen LogP contribution >= 0.6 is 7.14 Å². The Morgan fingerprint density at radius 1 is 0.413 bits per heavy atom. The molecule has 296 valence electrons. The third kappa shape index (κ3) is 5.13. The average molecular weight is 828 g/mol. The molecule has 0 N–H and O–H groups in total. The number of fused-ring (bicyclic) bond motifs is 12. The molecule has 0 saturated heterocycles. The van der Waals surface area contributed by atoms with Crippen LogP contribution in [0.5, 0.6) is 11.5 Å². The summed E-state index contributed by atoms with van der Waals surface area (Å²) in [6.07, 6.45) is 0. The summed E-state index contributed by atoms with van der Waals surface area (Å²) < 4.78 is 30.1. The molecule has 11 aromatic rings. The smallest absolute Gasteiger partial charge is 0.171 e. The fourth-order valence-electron chi connectivity index (χ4n) is 10.1. The van der Waals surface area contributed by atoms with Gasteiger partial charge in [-0.05, 0) is 52.2 Å². The first-order chi connectivity index (χ1) is 31.1. The molecule has 7 heteroatoms. The largest absolute Gasteiger partial charge is 0.457 e. The highest BCUT2D eigenvalue weighted by atomic mass is 31.2. The van der Waals surface area contributed by atoms with Crippen LogP contribution in [0.3, 0.4) is 0 Å². The summed E-state index contributed by atoms with van der Waals surface area (Å²) in [4.78, 5) is 15.4. The molecule has 0 radical (unpaired) electrons. The van der Waals surface area contributed by atoms with Crippen LogP contribution in [-0.4, -0.2) is 15.0 Å². The van der Waals surface area contributed by atoms with Crippen molar-refractivity contribution in [2.24, 2.45) is 0 Å². The van der Waals surface area contributed by atoms with E-state index in [1.165, 1.54) is 0 Å². The zero-order chi connectivity index (χ0) is 41.7. The molecule has 6 nitrogen and oxygen atoms in total. The summed E-state index contributed by atoms with van der Waals surface area (Å²) in [6.45, 7) is 0. The van der Waals surface area contributed by atoms with Gasteiger partial charge < -0.3 is 13.7 Å². The van der Waals surface area contributed by atoms with Crippen molar-refractivity contribution in [3.63, 3.8) is 0 Å². The first-order valence-corrected chi connectivity index (χ1v) is 22.7. The lowest BCUT2D eigenvalue weighted by Gasteiger charge is -2.47. The van der Waals surface area contributed by atoms with Crippen molar-refractivity contribution in [2.45, 2.75) is 5.41 Å². The highest BCUT2D eigenvalue weighted by Crippen LogP contribution is 2.62. The van der Waals surface area contributed by atoms with Crippen LogP contribution in [0, 0.1) is 0 Å². The van der Waals surface area contributed by atoms with Crippen molar-refractivity contribution >= 4 is 55.8 Å². The fraction of sp³-hybridized carbons (Fsp3) is 0.0179. The molecular formula is C56H34N3O3P. The minimum Gasteiger partial charge on any atom is -0.457 e. The Hall–Kier alpha value is -7.92. The number of rotatable bonds is 4. The van der Waals surface area contributed by atoms with Crippen LogP contribution in [0.4, 0.5) is 0 Å². The zero-order valence-corrected chi connectivity index (χ0v) is 34.5. The van der Waals surface area contributed by atoms with E-state index in [2.05, 4.69) is 78.9 Å². The Morgan fingerprint density at radius 2 is 1.06 bits per heavy atom. The minimum atomic E-state index is -3.48. The Kier molecular flexibility index (Phi) is 7.69. The van der Waals surface area contributed by atoms with Crippen LogP contribution in [0.15, 0.2) is 211 Å². The van der Waals surface area contributed by atoms with Gasteiger partial charge in [0.1, 0.15) is 22.7 Å². The molecular weight excluding hydrogens is 794 g/mol. The molecule has 0 saturated carbocycles. The lowest BCUT2D eigenvalue weighted by atomic mass is 9.63. The van der Waals surface area contributed by atoms with E-state index in [0.717, 1.165) is 82.0 Å². The lowest BCUT2D eigenvalue weighted by Crippen LogP contribution is -2.47. The van der Waals surface area contributed by atoms with Crippen molar-refractivity contribution in [3.8, 4) is 45.7 Å². The normalized spacial score (nSPS) is 17.2. The first kappa shape index (κ1) is 35.8. The number of para-hydroxylation sites is 2. The molecule has 2 atom stereocenters. The fourth-order valence-corrected chi connectivity index (χ4v) is 13.3. The number of benzene rings is 9. The summed E-state index contributed by atoms with van der Waals surface area (Å²) in [5, 5.41) is 6.43. The standard InChI is InChI=1S/C56H34N3O3P/c60-63(38-20-5-2-6-21-38)51-29-14-11-26-45(51)56(46-33-42-40-23-9-12-27-47(40)61-49(42)34-52(46)63)43-25-10-13-28-48(43)62-50-32-37(30-31-44(50)56)54-57-53(36-17-3-1-4-18-36)58-55(59-54)41-24-15-19-35-16-7-8-22-39(35)41/h1-34H. The van der Waals surface area contributed by atoms with Gasteiger partial charge in [0.15, 0.2) is 24.6 Å². The Labute approximate surface area is 362 Å². The van der Waals surface area contributed by atoms with Gasteiger partial charge in [0, 0.05) is 54.5 Å². The molecule has 4 heterocycles. The average Bonchev–Trinajstić information content (AvgIpc) is 3.72. The summed E-state index contributed by atoms with van der Waals surface area (Å²) in [6, 6.07) is 69.6. The molecule has 2 aliphatic heterocycles. The number of aromatic nitrogens is 3. The van der Waals surface area contributed by atoms with Crippen LogP contribution in [0.1, 0.15) is 22.3 Å². The monoisotopic (exact) mass is 827 g/mol. The second-order valence-corrected chi connectivity index (χ2v) is 18.9. The van der Waals surface area contributed by atoms with Crippen LogP contribution in [0.2, 0.25) is 0 Å². The van der Waals surface area contributed by atoms with Gasteiger partial charge >= 0.3 is 0 Å². The molecule has 0 aliphatic carbocycles. The maximum absolute atomic E-state index is 16.5. The molecule has 0 bridgehead atoms. The molecule has 0 amide bonds. The molecule has 2 unspecified atom stereocenters. The summed E-state index contributed by atoms with van der Waals surface area (Å²) in [5.41, 5.74) is 6.91. The van der Waals surface area contributed by atoms with Gasteiger partial charge in [0.05, 0.1) is 5.41 Å². The van der Waals surface area contributed by atoms with Crippen LogP contribution in [0.25, 0.3) is 66.9 Å². The zero-order valence-electron chi connectivity index (χ0n) is 33.6. The minimum absolute atomic E-state index is 0.524. The van der Waals surface area contributed by atoms with Crippen molar-refractivity contribution in [1.29, 1.82) is 0 Å². The van der Waals surface area contributed by atoms with E-state index in [0.29, 0.717) is 34.6 Å². The number of hydrogen-bond acceptors (Lipinski definition) is 6. The predicted octanol–water partition coefficient (Wildman–Crippen LogP) is 12.4. The second kappa shape index (κ2) is 13.5. The Morgan fingerprint density at radius 3 is 1.92 bits per heavy atom. The van der Waals surface area contributed by atoms with Crippen molar-refractivity contribution < 1.29 is 13.7 Å². The molecule has 2 aromatic heterocycles. The molecule has 63 heavy (non-hydrogen) atoms. The van der Waals surface area contributed by atoms with Gasteiger partial charge in [-0.25, -0.2) is 15.0 Å². The molecule has 0 fully saturated rings. The van der Waals surface area contributed by atoms with E-state index in [9.17, 15) is 0 Å². The third-order valence-corrected chi connectivity index (χ3v) is 16.0. The maximum Gasteiger partial charge on any atom is 0.171 e. The van der Waals surface area contributed by atoms with Crippen LogP contribution in [-0.2, 0) is 9.98 Å². The van der Waals surface area contributed by atoms with E-state index >= 15 is 4.57 Å². The number of ether oxygens (including phenoxy) is 1. The maximum atomic E-state index is 16.5. The van der Waals surface area contributed by atoms with Gasteiger partial charge in [-0.15, -0.1) is 0 Å². The SMILES string of the molecule is O=P1(c2ccccc2)c2ccccc2C2(c3ccccc3Oc3cc(-c4nc(-c5ccccc5)nc(-c5cccc6ccccc56)n4)ccc32)c2cc3c(cc21)oc1ccccc13. The topological polar surface area (TPSA) is 78.1 Å². The second-order valence-electron chi connectivity index (χ2n) is 16.2. The Bertz CT molecular complexity index is 3710. The third-order valence-electron chi connectivity index (χ3n) is 12.9. The molecule has 2 aliphatic rings. The van der Waals surface area contributed by atoms with Gasteiger partial charge in [0.2, 0.25) is 0 Å². The van der Waals surface area contributed by atoms with Gasteiger partial charge in [-0.3, -0.25) is 0 Å². The Balaban J connectivity index is 1.10. The quantitative estimate of drug-likeness (QED) is 0.164. The van der Waals surface area contributed by atoms with E-state index in [-0.39, 0.29) is 0 Å². The van der Waals surface area contributed by atoms with Gasteiger partial charge in [0.25, 0.3) is 0 Å². The van der Waals surface area contributed by atoms with Crippen molar-refractivity contribution in [3.05, 3.63) is 229 Å². The van der Waals surface area contributed by atoms with Gasteiger partial charge in [-0.2, -0.15) is 0 Å². The highest BCUT2D eigenvalue weighted by molar-refractivity contribution is 7.85. The molecule has 13 rings (SSSR count). The lowest BCUT2D eigenvalue weighted by molar-refractivity contribution is 0.435. The van der Waals surface area contributed by atoms with E-state index in [1.54, 1.807) is 0 Å². The number of hydrogen-bond donors (Lipinski definition) is 0. The highest BCUT2D eigenvalue weighted by Gasteiger charge is 2.55. The molecule has 9 aromatic carbocycles. The van der Waals surface area contributed by atoms with E-state index < -0.39 is 12.6 Å². The first-order valence-electron chi connectivity index (χ1n) is 21.0. The van der Waals surface area contributed by atoms with Crippen LogP contribution < -0.4 is 20.7 Å². The van der Waals surface area contributed by atoms with E-state index in [4.69, 9.17) is 24.1 Å². The molecule has 1 spiro atoms. The summed E-state index contributed by atoms with van der Waals surface area (Å²) in [5.74, 6) is 3.06.